The van der Waals surface area contributed by atoms with E-state index >= 15 is 0 Å². The fourth-order valence-electron chi connectivity index (χ4n) is 6.61. The van der Waals surface area contributed by atoms with E-state index in [0.29, 0.717) is 84.0 Å². The second kappa shape index (κ2) is 29.9. The third-order valence-corrected chi connectivity index (χ3v) is 13.1. The van der Waals surface area contributed by atoms with Crippen LogP contribution >= 0.6 is 125 Å². The molecule has 6 aromatic rings. The summed E-state index contributed by atoms with van der Waals surface area (Å²) in [5, 5.41) is 17.0. The molecule has 2 N–H and O–H groups in total. The van der Waals surface area contributed by atoms with Crippen molar-refractivity contribution in [3.8, 4) is 11.5 Å². The van der Waals surface area contributed by atoms with Crippen LogP contribution in [0.15, 0.2) is 92.3 Å². The summed E-state index contributed by atoms with van der Waals surface area (Å²) >= 11 is 53.9. The minimum atomic E-state index is -1.13. The molecule has 0 spiro atoms. The molecular weight excluding hydrogens is 1180 g/mol. The Kier molecular flexibility index (Phi) is 25.6. The number of hydrogen-bond acceptors (Lipinski definition) is 9. The first-order chi connectivity index (χ1) is 33.4. The number of alkyl halides is 1. The molecule has 26 heteroatoms. The van der Waals surface area contributed by atoms with Gasteiger partial charge in [0.15, 0.2) is 11.5 Å². The van der Waals surface area contributed by atoms with Gasteiger partial charge < -0.3 is 24.4 Å². The predicted octanol–water partition coefficient (Wildman–Crippen LogP) is 13.9. The first-order valence-corrected chi connectivity index (χ1v) is 27.8. The number of H-pyrrole nitrogens is 1. The molecule has 0 bridgehead atoms. The summed E-state index contributed by atoms with van der Waals surface area (Å²) in [4.78, 5) is 39.1. The van der Waals surface area contributed by atoms with Crippen LogP contribution in [0.5, 0.6) is 11.5 Å². The molecule has 3 aromatic carbocycles. The molecule has 7 rings (SSSR count). The second-order valence-electron chi connectivity index (χ2n) is 15.1. The van der Waals surface area contributed by atoms with Gasteiger partial charge in [-0.1, -0.05) is 113 Å². The molecule has 1 aliphatic carbocycles. The van der Waals surface area contributed by atoms with Gasteiger partial charge in [0.05, 0.1) is 44.6 Å². The average Bonchev–Trinajstić information content (AvgIpc) is 3.74. The number of aromatic amines is 1. The van der Waals surface area contributed by atoms with Crippen LogP contribution in [0.3, 0.4) is 0 Å². The fourth-order valence-corrected chi connectivity index (χ4v) is 9.05. The Morgan fingerprint density at radius 3 is 1.57 bits per heavy atom. The fraction of sp³-hybridized carbons (Fsp3) is 0.364. The summed E-state index contributed by atoms with van der Waals surface area (Å²) in [5.41, 5.74) is -0.260. The number of benzene rings is 3. The Morgan fingerprint density at radius 1 is 0.771 bits per heavy atom. The number of rotatable bonds is 17. The number of imidazole rings is 2. The van der Waals surface area contributed by atoms with E-state index in [-0.39, 0.29) is 45.0 Å². The van der Waals surface area contributed by atoms with Crippen LogP contribution in [0.1, 0.15) is 45.1 Å². The third-order valence-electron chi connectivity index (χ3n) is 10.1. The number of aliphatic hydroxyl groups is 1. The van der Waals surface area contributed by atoms with Gasteiger partial charge in [-0.3, -0.25) is 18.9 Å². The molecule has 1 aliphatic rings. The Labute approximate surface area is 465 Å². The number of hydrogen-bond donors (Lipinski definition) is 2. The van der Waals surface area contributed by atoms with Crippen LogP contribution in [0, 0.1) is 4.77 Å². The van der Waals surface area contributed by atoms with E-state index in [4.69, 9.17) is 135 Å². The number of halogens is 10. The number of carbonyl (C=O) groups is 2. The van der Waals surface area contributed by atoms with Crippen LogP contribution in [0.25, 0.3) is 0 Å². The number of nitrogens with one attached hydrogen (secondary N) is 1. The zero-order chi connectivity index (χ0) is 51.4. The Morgan fingerprint density at radius 2 is 1.21 bits per heavy atom. The van der Waals surface area contributed by atoms with E-state index in [1.54, 1.807) is 63.5 Å². The summed E-state index contributed by atoms with van der Waals surface area (Å²) in [6.45, 7) is 6.83. The van der Waals surface area contributed by atoms with Crippen LogP contribution < -0.4 is 9.47 Å². The van der Waals surface area contributed by atoms with Crippen molar-refractivity contribution < 1.29 is 37.3 Å². The molecule has 1 fully saturated rings. The molecule has 2 amide bonds. The Bertz CT molecular complexity index is 2470. The maximum atomic E-state index is 12.3. The average molecular weight is 1220 g/mol. The normalized spacial score (nSPS) is 13.0. The number of aromatic nitrogens is 7. The standard InChI is InChI=1S/2C15H16Cl3N3O2.C14H15Cl2N3OS.2ClH.Mn/c2*1-2-4-20(15(22)21-5-3-19-10-21)6-7-23-14-12(17)8-11(16)9-13(14)18;15-11-4-2-1-3-10(11)7-14(20,13(16)5-6-13)8-19-12(21)17-9-18-19;;;/h2*3,5,8-10H,2,4,6-7H2,1H3;1-4,9,20H,5-8H2,(H,17,18,21);2*1H;/q;;;;;+2/p-2. The van der Waals surface area contributed by atoms with E-state index in [1.807, 2.05) is 38.1 Å². The van der Waals surface area contributed by atoms with Gasteiger partial charge in [0.1, 0.15) is 37.8 Å². The Hall–Kier alpha value is -2.64. The summed E-state index contributed by atoms with van der Waals surface area (Å²) in [6, 6.07) is 13.4. The third kappa shape index (κ3) is 18.1. The van der Waals surface area contributed by atoms with Crippen molar-refractivity contribution in [1.82, 2.24) is 43.7 Å². The van der Waals surface area contributed by atoms with Crippen molar-refractivity contribution in [3.63, 3.8) is 0 Å². The van der Waals surface area contributed by atoms with E-state index < -0.39 is 10.5 Å². The molecule has 1 saturated carbocycles. The molecule has 0 radical (unpaired) electrons. The van der Waals surface area contributed by atoms with Gasteiger partial charge in [-0.25, -0.2) is 24.5 Å². The maximum absolute atomic E-state index is 12.3. The molecule has 70 heavy (non-hydrogen) atoms. The molecule has 0 aliphatic heterocycles. The van der Waals surface area contributed by atoms with E-state index in [2.05, 4.69) is 20.1 Å². The summed E-state index contributed by atoms with van der Waals surface area (Å²) in [5.74, 6) is 0.730. The molecular formula is C44H47Cl10MnN9O5S. The quantitative estimate of drug-likeness (QED) is 0.0517. The topological polar surface area (TPSA) is 149 Å². The van der Waals surface area contributed by atoms with Crippen molar-refractivity contribution in [2.75, 3.05) is 39.4 Å². The Balaban J connectivity index is 0.000000222. The van der Waals surface area contributed by atoms with Gasteiger partial charge in [-0.05, 0) is 73.8 Å². The summed E-state index contributed by atoms with van der Waals surface area (Å²) in [6.07, 6.45) is 14.4. The zero-order valence-electron chi connectivity index (χ0n) is 37.4. The molecule has 381 valence electrons. The SMILES string of the molecule is CCCN(CCOc1c(Cl)cc(Cl)cc1Cl)C(=O)n1ccnc1.CCCN(CCOc1c(Cl)cc(Cl)cc1Cl)C(=O)n1ccnc1.OC(Cc1ccccc1Cl)(Cn1[nH]cnc1=S)C1(Cl)CC1.[Cl][Mn][Cl]. The number of ether oxygens (including phenoxy) is 2. The second-order valence-corrected chi connectivity index (χ2v) is 21.1. The summed E-state index contributed by atoms with van der Waals surface area (Å²) in [7, 11) is 9.59. The molecule has 14 nitrogen and oxygen atoms in total. The van der Waals surface area contributed by atoms with Gasteiger partial charge in [0.2, 0.25) is 4.77 Å². The predicted molar refractivity (Wildman–Crippen MR) is 281 cm³/mol. The van der Waals surface area contributed by atoms with E-state index in [9.17, 15) is 14.7 Å². The van der Waals surface area contributed by atoms with E-state index in [0.717, 1.165) is 31.2 Å². The van der Waals surface area contributed by atoms with Crippen molar-refractivity contribution >= 4 is 137 Å². The summed E-state index contributed by atoms with van der Waals surface area (Å²) < 4.78 is 16.1. The zero-order valence-corrected chi connectivity index (χ0v) is 46.9. The van der Waals surface area contributed by atoms with Crippen molar-refractivity contribution in [1.29, 1.82) is 0 Å². The van der Waals surface area contributed by atoms with Crippen molar-refractivity contribution in [2.24, 2.45) is 0 Å². The monoisotopic (exact) mass is 1220 g/mol. The number of amides is 2. The van der Waals surface area contributed by atoms with Crippen LogP contribution in [-0.4, -0.2) is 111 Å². The van der Waals surface area contributed by atoms with Crippen LogP contribution in [-0.2, 0) is 26.1 Å². The van der Waals surface area contributed by atoms with Crippen molar-refractivity contribution in [3.05, 3.63) is 138 Å². The first kappa shape index (κ1) is 59.9. The van der Waals surface area contributed by atoms with Gasteiger partial charge in [-0.15, -0.1) is 11.6 Å². The minimum absolute atomic E-state index is 0.00694. The first-order valence-electron chi connectivity index (χ1n) is 21.1. The van der Waals surface area contributed by atoms with Gasteiger partial charge in [0.25, 0.3) is 0 Å². The number of nitrogens with zero attached hydrogens (tertiary/aromatic N) is 8. The molecule has 3 aromatic heterocycles. The molecule has 1 unspecified atom stereocenters. The van der Waals surface area contributed by atoms with Crippen LogP contribution in [0.2, 0.25) is 35.2 Å². The van der Waals surface area contributed by atoms with Crippen molar-refractivity contribution in [2.45, 2.75) is 63.0 Å². The van der Waals surface area contributed by atoms with Gasteiger partial charge in [0, 0.05) is 59.4 Å². The van der Waals surface area contributed by atoms with Gasteiger partial charge in [-0.2, -0.15) is 0 Å². The molecule has 3 heterocycles. The van der Waals surface area contributed by atoms with Gasteiger partial charge >= 0.3 is 45.4 Å². The molecule has 1 atom stereocenters. The molecule has 0 saturated heterocycles. The number of carbonyl (C=O) groups excluding carboxylic acids is 2. The van der Waals surface area contributed by atoms with E-state index in [1.165, 1.54) is 28.1 Å². The van der Waals surface area contributed by atoms with Crippen LogP contribution in [0.4, 0.5) is 9.59 Å².